The molecule has 0 radical (unpaired) electrons. The number of methoxy groups -OCH3 is 2. The van der Waals surface area contributed by atoms with E-state index < -0.39 is 0 Å². The van der Waals surface area contributed by atoms with Crippen molar-refractivity contribution in [3.05, 3.63) is 35.4 Å². The van der Waals surface area contributed by atoms with E-state index in [1.165, 1.54) is 11.1 Å². The standard InChI is InChI=1S/C22H26N4O2/c1-13-9-17-18(10-14(13)2)24-22-20(23-17)16-11-15(27-5)12-19(28-6)21(16)26(22)8-7-25(3)4/h9-12H,7-8H2,1-6H3. The third-order valence-electron chi connectivity index (χ3n) is 5.32. The Morgan fingerprint density at radius 1 is 0.929 bits per heavy atom. The average molecular weight is 378 g/mol. The lowest BCUT2D eigenvalue weighted by Crippen LogP contribution is -2.18. The Morgan fingerprint density at radius 3 is 2.21 bits per heavy atom. The fourth-order valence-electron chi connectivity index (χ4n) is 3.61. The van der Waals surface area contributed by atoms with E-state index in [0.717, 1.165) is 57.7 Å². The van der Waals surface area contributed by atoms with Crippen molar-refractivity contribution in [3.63, 3.8) is 0 Å². The molecule has 0 atom stereocenters. The van der Waals surface area contributed by atoms with Gasteiger partial charge >= 0.3 is 0 Å². The number of hydrogen-bond donors (Lipinski definition) is 0. The Hall–Kier alpha value is -2.86. The molecule has 0 aliphatic heterocycles. The number of nitrogens with zero attached hydrogens (tertiary/aromatic N) is 4. The van der Waals surface area contributed by atoms with Crippen LogP contribution in [0.25, 0.3) is 33.1 Å². The van der Waals surface area contributed by atoms with Gasteiger partial charge in [-0.05, 0) is 57.3 Å². The second kappa shape index (κ2) is 6.95. The van der Waals surface area contributed by atoms with Crippen molar-refractivity contribution in [1.29, 1.82) is 0 Å². The first-order chi connectivity index (χ1) is 13.4. The number of likely N-dealkylation sites (N-methyl/N-ethyl adjacent to an activating group) is 1. The number of benzene rings is 2. The van der Waals surface area contributed by atoms with Crippen molar-refractivity contribution in [2.75, 3.05) is 34.9 Å². The molecule has 6 heteroatoms. The van der Waals surface area contributed by atoms with Crippen LogP contribution in [0.15, 0.2) is 24.3 Å². The Morgan fingerprint density at radius 2 is 1.61 bits per heavy atom. The Labute approximate surface area is 164 Å². The minimum Gasteiger partial charge on any atom is -0.497 e. The van der Waals surface area contributed by atoms with Gasteiger partial charge in [0.05, 0.1) is 30.8 Å². The minimum atomic E-state index is 0.748. The first kappa shape index (κ1) is 18.5. The number of ether oxygens (including phenoxy) is 2. The third kappa shape index (κ3) is 2.94. The van der Waals surface area contributed by atoms with Gasteiger partial charge < -0.3 is 18.9 Å². The zero-order chi connectivity index (χ0) is 20.0. The second-order valence-electron chi connectivity index (χ2n) is 7.50. The second-order valence-corrected chi connectivity index (χ2v) is 7.50. The van der Waals surface area contributed by atoms with E-state index in [4.69, 9.17) is 19.4 Å². The van der Waals surface area contributed by atoms with Crippen molar-refractivity contribution >= 4 is 33.1 Å². The Kier molecular flexibility index (Phi) is 4.59. The van der Waals surface area contributed by atoms with Crippen LogP contribution in [0.3, 0.4) is 0 Å². The van der Waals surface area contributed by atoms with Crippen molar-refractivity contribution < 1.29 is 9.47 Å². The summed E-state index contributed by atoms with van der Waals surface area (Å²) in [6.07, 6.45) is 0. The SMILES string of the molecule is COc1cc(OC)c2c(c1)c1nc3cc(C)c(C)cc3nc1n2CCN(C)C. The molecule has 4 rings (SSSR count). The number of hydrogen-bond acceptors (Lipinski definition) is 5. The normalized spacial score (nSPS) is 11.8. The summed E-state index contributed by atoms with van der Waals surface area (Å²) in [4.78, 5) is 12.2. The van der Waals surface area contributed by atoms with E-state index in [1.54, 1.807) is 14.2 Å². The molecule has 0 N–H and O–H groups in total. The van der Waals surface area contributed by atoms with E-state index in [1.807, 2.05) is 12.1 Å². The Balaban J connectivity index is 2.13. The summed E-state index contributed by atoms with van der Waals surface area (Å²) in [6.45, 7) is 5.89. The maximum absolute atomic E-state index is 5.71. The fourth-order valence-corrected chi connectivity index (χ4v) is 3.61. The quantitative estimate of drug-likeness (QED) is 0.527. The van der Waals surface area contributed by atoms with Gasteiger partial charge in [0, 0.05) is 24.5 Å². The monoisotopic (exact) mass is 378 g/mol. The molecule has 0 bridgehead atoms. The highest BCUT2D eigenvalue weighted by Crippen LogP contribution is 2.37. The summed E-state index contributed by atoms with van der Waals surface area (Å²) >= 11 is 0. The first-order valence-corrected chi connectivity index (χ1v) is 9.40. The minimum absolute atomic E-state index is 0.748. The molecule has 0 aliphatic carbocycles. The number of rotatable bonds is 5. The van der Waals surface area contributed by atoms with Crippen LogP contribution in [0.4, 0.5) is 0 Å². The van der Waals surface area contributed by atoms with Crippen LogP contribution >= 0.6 is 0 Å². The average Bonchev–Trinajstić information content (AvgIpc) is 2.97. The number of aryl methyl sites for hydroxylation is 2. The maximum Gasteiger partial charge on any atom is 0.160 e. The highest BCUT2D eigenvalue weighted by atomic mass is 16.5. The molecule has 0 saturated heterocycles. The molecule has 0 fully saturated rings. The summed E-state index contributed by atoms with van der Waals surface area (Å²) in [7, 11) is 7.49. The van der Waals surface area contributed by atoms with Crippen molar-refractivity contribution in [1.82, 2.24) is 19.4 Å². The first-order valence-electron chi connectivity index (χ1n) is 9.40. The molecule has 0 spiro atoms. The van der Waals surface area contributed by atoms with E-state index >= 15 is 0 Å². The van der Waals surface area contributed by atoms with Crippen LogP contribution in [0, 0.1) is 13.8 Å². The summed E-state index contributed by atoms with van der Waals surface area (Å²) < 4.78 is 13.4. The lowest BCUT2D eigenvalue weighted by Gasteiger charge is -2.14. The fraction of sp³-hybridized carbons (Fsp3) is 0.364. The summed E-state index contributed by atoms with van der Waals surface area (Å²) in [5.74, 6) is 1.52. The van der Waals surface area contributed by atoms with E-state index in [2.05, 4.69) is 49.5 Å². The smallest absolute Gasteiger partial charge is 0.160 e. The van der Waals surface area contributed by atoms with E-state index in [-0.39, 0.29) is 0 Å². The Bertz CT molecular complexity index is 1190. The van der Waals surface area contributed by atoms with Crippen molar-refractivity contribution in [2.24, 2.45) is 0 Å². The van der Waals surface area contributed by atoms with E-state index in [9.17, 15) is 0 Å². The zero-order valence-corrected chi connectivity index (χ0v) is 17.3. The summed E-state index contributed by atoms with van der Waals surface area (Å²) in [5.41, 5.74) is 7.01. The van der Waals surface area contributed by atoms with Crippen LogP contribution in [0.5, 0.6) is 11.5 Å². The topological polar surface area (TPSA) is 52.4 Å². The molecule has 0 unspecified atom stereocenters. The van der Waals surface area contributed by atoms with Crippen molar-refractivity contribution in [3.8, 4) is 11.5 Å². The van der Waals surface area contributed by atoms with Gasteiger partial charge in [0.1, 0.15) is 17.0 Å². The molecular weight excluding hydrogens is 352 g/mol. The van der Waals surface area contributed by atoms with Gasteiger partial charge in [0.25, 0.3) is 0 Å². The number of aromatic nitrogens is 3. The zero-order valence-electron chi connectivity index (χ0n) is 17.3. The van der Waals surface area contributed by atoms with Crippen LogP contribution in [-0.2, 0) is 6.54 Å². The molecule has 2 aromatic heterocycles. The highest BCUT2D eigenvalue weighted by Gasteiger charge is 2.20. The van der Waals surface area contributed by atoms with Gasteiger partial charge in [0.2, 0.25) is 0 Å². The molecule has 2 aromatic carbocycles. The molecule has 0 saturated carbocycles. The lowest BCUT2D eigenvalue weighted by molar-refractivity contribution is 0.383. The van der Waals surface area contributed by atoms with Crippen LogP contribution < -0.4 is 9.47 Å². The maximum atomic E-state index is 5.71. The molecule has 146 valence electrons. The van der Waals surface area contributed by atoms with Crippen LogP contribution in [-0.4, -0.2) is 54.3 Å². The van der Waals surface area contributed by atoms with Crippen LogP contribution in [0.2, 0.25) is 0 Å². The molecular formula is C22H26N4O2. The molecule has 0 aliphatic rings. The van der Waals surface area contributed by atoms with Gasteiger partial charge in [-0.15, -0.1) is 0 Å². The summed E-state index contributed by atoms with van der Waals surface area (Å²) in [5, 5.41) is 0.998. The van der Waals surface area contributed by atoms with Gasteiger partial charge in [0.15, 0.2) is 5.65 Å². The predicted octanol–water partition coefficient (Wildman–Crippen LogP) is 3.93. The highest BCUT2D eigenvalue weighted by molar-refractivity contribution is 6.09. The van der Waals surface area contributed by atoms with E-state index in [0.29, 0.717) is 0 Å². The van der Waals surface area contributed by atoms with Gasteiger partial charge in [-0.25, -0.2) is 9.97 Å². The predicted molar refractivity (Wildman–Crippen MR) is 114 cm³/mol. The van der Waals surface area contributed by atoms with Gasteiger partial charge in [-0.2, -0.15) is 0 Å². The van der Waals surface area contributed by atoms with Crippen LogP contribution in [0.1, 0.15) is 11.1 Å². The summed E-state index contributed by atoms with van der Waals surface area (Å²) in [6, 6.07) is 8.16. The molecule has 4 aromatic rings. The lowest BCUT2D eigenvalue weighted by atomic mass is 10.1. The largest absolute Gasteiger partial charge is 0.497 e. The number of fused-ring (bicyclic) bond motifs is 4. The molecule has 6 nitrogen and oxygen atoms in total. The molecule has 0 amide bonds. The molecule has 28 heavy (non-hydrogen) atoms. The van der Waals surface area contributed by atoms with Gasteiger partial charge in [-0.3, -0.25) is 0 Å². The third-order valence-corrected chi connectivity index (χ3v) is 5.32. The van der Waals surface area contributed by atoms with Gasteiger partial charge in [-0.1, -0.05) is 0 Å². The van der Waals surface area contributed by atoms with Crippen molar-refractivity contribution in [2.45, 2.75) is 20.4 Å². The molecule has 2 heterocycles.